The highest BCUT2D eigenvalue weighted by atomic mass is 15.1. The molecule has 7 heteroatoms. The Hall–Kier alpha value is -12.2. The Bertz CT molecular complexity index is 5610. The summed E-state index contributed by atoms with van der Waals surface area (Å²) in [5, 5.41) is 14.4. The molecule has 7 heterocycles. The molecule has 20 rings (SSSR count). The van der Waals surface area contributed by atoms with Gasteiger partial charge in [0, 0.05) is 87.4 Å². The van der Waals surface area contributed by atoms with Gasteiger partial charge in [0.15, 0.2) is 0 Å². The first-order valence-electron chi connectivity index (χ1n) is 31.7. The zero-order valence-electron chi connectivity index (χ0n) is 50.4. The molecule has 7 nitrogen and oxygen atoms in total. The molecule has 0 atom stereocenters. The van der Waals surface area contributed by atoms with Crippen LogP contribution < -0.4 is 0 Å². The summed E-state index contributed by atoms with van der Waals surface area (Å²) in [4.78, 5) is 6.01. The van der Waals surface area contributed by atoms with Crippen LogP contribution in [0.15, 0.2) is 297 Å². The van der Waals surface area contributed by atoms with E-state index in [0.29, 0.717) is 0 Å². The molecule has 430 valence electrons. The van der Waals surface area contributed by atoms with Crippen molar-refractivity contribution in [3.63, 3.8) is 0 Å². The predicted molar refractivity (Wildman–Crippen MR) is 385 cm³/mol. The third-order valence-corrected chi connectivity index (χ3v) is 19.6. The zero-order valence-corrected chi connectivity index (χ0v) is 50.4. The fourth-order valence-corrected chi connectivity index (χ4v) is 15.9. The number of hydrogen-bond acceptors (Lipinski definition) is 1. The molecule has 0 aliphatic heterocycles. The molecule has 0 fully saturated rings. The monoisotopic (exact) mass is 1170 g/mol. The fourth-order valence-electron chi connectivity index (χ4n) is 15.9. The maximum atomic E-state index is 6.01. The van der Waals surface area contributed by atoms with E-state index in [1.807, 2.05) is 0 Å². The third kappa shape index (κ3) is 7.24. The van der Waals surface area contributed by atoms with E-state index < -0.39 is 0 Å². The van der Waals surface area contributed by atoms with Gasteiger partial charge in [0.05, 0.1) is 66.2 Å². The number of rotatable bonds is 7. The molecule has 0 bridgehead atoms. The molecule has 0 spiro atoms. The molecular formula is C85H55N7. The van der Waals surface area contributed by atoms with Crippen molar-refractivity contribution < 1.29 is 0 Å². The Morgan fingerprint density at radius 3 is 0.630 bits per heavy atom. The molecule has 20 aromatic rings. The van der Waals surface area contributed by atoms with E-state index in [-0.39, 0.29) is 0 Å². The normalized spacial score (nSPS) is 12.2. The maximum absolute atomic E-state index is 6.01. The van der Waals surface area contributed by atoms with Crippen LogP contribution in [0.1, 0.15) is 11.1 Å². The number of hydrogen-bond donors (Lipinski definition) is 0. The average Bonchev–Trinajstić information content (AvgIpc) is 1.62. The summed E-state index contributed by atoms with van der Waals surface area (Å²) in [6, 6.07) is 110. The van der Waals surface area contributed by atoms with Gasteiger partial charge in [-0.2, -0.15) is 0 Å². The lowest BCUT2D eigenvalue weighted by Crippen LogP contribution is -2.05. The lowest BCUT2D eigenvalue weighted by atomic mass is 10.0. The second kappa shape index (κ2) is 19.2. The third-order valence-electron chi connectivity index (χ3n) is 19.6. The largest absolute Gasteiger partial charge is 0.309 e. The number of pyridine rings is 1. The molecule has 0 saturated carbocycles. The summed E-state index contributed by atoms with van der Waals surface area (Å²) in [5.41, 5.74) is 22.6. The van der Waals surface area contributed by atoms with Crippen molar-refractivity contribution in [1.82, 2.24) is 32.4 Å². The van der Waals surface area contributed by atoms with Gasteiger partial charge in [-0.05, 0) is 158 Å². The topological polar surface area (TPSA) is 42.5 Å². The van der Waals surface area contributed by atoms with Crippen LogP contribution in [0.2, 0.25) is 0 Å². The predicted octanol–water partition coefficient (Wildman–Crippen LogP) is 21.9. The van der Waals surface area contributed by atoms with Crippen LogP contribution in [0.4, 0.5) is 0 Å². The van der Waals surface area contributed by atoms with Crippen molar-refractivity contribution in [2.45, 2.75) is 13.8 Å². The van der Waals surface area contributed by atoms with Gasteiger partial charge in [-0.25, -0.2) is 4.98 Å². The van der Waals surface area contributed by atoms with Crippen molar-refractivity contribution >= 4 is 131 Å². The van der Waals surface area contributed by atoms with Gasteiger partial charge in [0.1, 0.15) is 11.6 Å². The van der Waals surface area contributed by atoms with Crippen molar-refractivity contribution in [2.75, 3.05) is 0 Å². The summed E-state index contributed by atoms with van der Waals surface area (Å²) in [5.74, 6) is 1.65. The molecule has 0 radical (unpaired) electrons. The second-order valence-electron chi connectivity index (χ2n) is 24.9. The second-order valence-corrected chi connectivity index (χ2v) is 24.9. The fraction of sp³-hybridized carbons (Fsp3) is 0.0235. The smallest absolute Gasteiger partial charge is 0.140 e. The minimum absolute atomic E-state index is 0.824. The summed E-state index contributed by atoms with van der Waals surface area (Å²) < 4.78 is 14.6. The molecule has 0 aliphatic carbocycles. The highest BCUT2D eigenvalue weighted by Crippen LogP contribution is 2.44. The molecule has 0 unspecified atom stereocenters. The minimum Gasteiger partial charge on any atom is -0.309 e. The number of nitrogens with zero attached hydrogens (tertiary/aromatic N) is 7. The van der Waals surface area contributed by atoms with Crippen molar-refractivity contribution in [3.05, 3.63) is 308 Å². The van der Waals surface area contributed by atoms with Crippen LogP contribution in [0.3, 0.4) is 0 Å². The number of aromatic nitrogens is 7. The molecule has 13 aromatic carbocycles. The van der Waals surface area contributed by atoms with Gasteiger partial charge in [0.25, 0.3) is 0 Å². The average molecular weight is 1170 g/mol. The Kier molecular flexibility index (Phi) is 10.6. The summed E-state index contributed by atoms with van der Waals surface area (Å²) in [7, 11) is 0. The SMILES string of the molecule is Cc1cc(C)cc(-c2cc(-n3c4ccc(-n5c6ccccc6c6ccccc65)cc4c4cc(-n5c6ccccc6c6ccccc65)ccc43)nc(-n3c4ccc(-n5c6ccccc6c6ccccc65)cc4c4cc(-n5c6ccccc6c6ccccc65)ccc43)c2)c1. The molecule has 0 amide bonds. The maximum Gasteiger partial charge on any atom is 0.140 e. The zero-order chi connectivity index (χ0) is 60.4. The first-order valence-corrected chi connectivity index (χ1v) is 31.7. The van der Waals surface area contributed by atoms with Crippen molar-refractivity contribution in [3.8, 4) is 45.5 Å². The molecule has 0 saturated heterocycles. The molecule has 7 aromatic heterocycles. The summed E-state index contributed by atoms with van der Waals surface area (Å²) >= 11 is 0. The lowest BCUT2D eigenvalue weighted by molar-refractivity contribution is 1.01. The van der Waals surface area contributed by atoms with Gasteiger partial charge in [-0.3, -0.25) is 9.13 Å². The van der Waals surface area contributed by atoms with Crippen LogP contribution in [0.5, 0.6) is 0 Å². The Labute approximate surface area is 527 Å². The van der Waals surface area contributed by atoms with Crippen molar-refractivity contribution in [2.24, 2.45) is 0 Å². The van der Waals surface area contributed by atoms with E-state index in [2.05, 4.69) is 339 Å². The minimum atomic E-state index is 0.824. The summed E-state index contributed by atoms with van der Waals surface area (Å²) in [6.07, 6.45) is 0. The molecule has 0 N–H and O–H groups in total. The van der Waals surface area contributed by atoms with E-state index in [4.69, 9.17) is 4.98 Å². The molecule has 92 heavy (non-hydrogen) atoms. The van der Waals surface area contributed by atoms with Gasteiger partial charge in [-0.1, -0.05) is 175 Å². The molecule has 0 aliphatic rings. The quantitative estimate of drug-likeness (QED) is 0.157. The van der Waals surface area contributed by atoms with Crippen molar-refractivity contribution in [1.29, 1.82) is 0 Å². The lowest BCUT2D eigenvalue weighted by Gasteiger charge is -2.16. The van der Waals surface area contributed by atoms with Crippen LogP contribution in [0.25, 0.3) is 176 Å². The van der Waals surface area contributed by atoms with Gasteiger partial charge in [-0.15, -0.1) is 0 Å². The van der Waals surface area contributed by atoms with E-state index in [0.717, 1.165) is 89.1 Å². The van der Waals surface area contributed by atoms with Crippen LogP contribution in [-0.4, -0.2) is 32.4 Å². The first kappa shape index (κ1) is 50.8. The number of fused-ring (bicyclic) bond motifs is 18. The van der Waals surface area contributed by atoms with E-state index in [9.17, 15) is 0 Å². The van der Waals surface area contributed by atoms with E-state index >= 15 is 0 Å². The Balaban J connectivity index is 0.878. The van der Waals surface area contributed by atoms with Gasteiger partial charge in [0.2, 0.25) is 0 Å². The summed E-state index contributed by atoms with van der Waals surface area (Å²) in [6.45, 7) is 4.40. The van der Waals surface area contributed by atoms with Gasteiger partial charge < -0.3 is 18.3 Å². The van der Waals surface area contributed by atoms with Gasteiger partial charge >= 0.3 is 0 Å². The highest BCUT2D eigenvalue weighted by molar-refractivity contribution is 6.17. The first-order chi connectivity index (χ1) is 45.5. The molecular weight excluding hydrogens is 1120 g/mol. The number of benzene rings is 13. The Morgan fingerprint density at radius 1 is 0.185 bits per heavy atom. The number of para-hydroxylation sites is 8. The van der Waals surface area contributed by atoms with E-state index in [1.165, 1.54) is 98.4 Å². The van der Waals surface area contributed by atoms with Crippen LogP contribution in [0, 0.1) is 13.8 Å². The standard InChI is InChI=1S/C85H55N7/c1-52-43-53(2)45-54(44-52)55-46-84(91-80-39-35-56(87-72-27-11-3-19-60(72)61-20-4-12-28-73(61)87)48-68(80)69-49-57(36-40-81(69)91)88-74-29-13-5-21-62(74)63-22-6-14-30-75(63)88)86-85(47-55)92-82-41-37-58(89-76-31-15-7-23-64(76)65-24-8-16-32-77(65)89)50-70(82)71-51-59(38-42-83(71)92)90-78-33-17-9-25-66(78)67-26-10-18-34-79(67)90/h3-51H,1-2H3. The van der Waals surface area contributed by atoms with Crippen LogP contribution >= 0.6 is 0 Å². The highest BCUT2D eigenvalue weighted by Gasteiger charge is 2.24. The van der Waals surface area contributed by atoms with E-state index in [1.54, 1.807) is 0 Å². The van der Waals surface area contributed by atoms with Crippen LogP contribution in [-0.2, 0) is 0 Å². The Morgan fingerprint density at radius 2 is 0.391 bits per heavy atom. The number of aryl methyl sites for hydroxylation is 2.